The summed E-state index contributed by atoms with van der Waals surface area (Å²) in [6.07, 6.45) is 2.80. The lowest BCUT2D eigenvalue weighted by molar-refractivity contribution is 0.0543. The van der Waals surface area contributed by atoms with Gasteiger partial charge in [0.15, 0.2) is 0 Å². The van der Waals surface area contributed by atoms with E-state index >= 15 is 0 Å². The highest BCUT2D eigenvalue weighted by molar-refractivity contribution is 5.87. The highest BCUT2D eigenvalue weighted by atomic mass is 16.6. The Hall–Kier alpha value is -2.10. The number of imidazole rings is 1. The Kier molecular flexibility index (Phi) is 2.95. The maximum Gasteiger partial charge on any atom is 0.420 e. The first-order valence-electron chi connectivity index (χ1n) is 5.73. The normalized spacial score (nSPS) is 11.5. The van der Waals surface area contributed by atoms with Crippen molar-refractivity contribution in [2.45, 2.75) is 26.4 Å². The summed E-state index contributed by atoms with van der Waals surface area (Å²) >= 11 is 0. The summed E-state index contributed by atoms with van der Waals surface area (Å²) in [7, 11) is 0. The van der Waals surface area contributed by atoms with Gasteiger partial charge in [-0.3, -0.25) is 0 Å². The number of fused-ring (bicyclic) bond motifs is 1. The van der Waals surface area contributed by atoms with Crippen LogP contribution >= 0.6 is 0 Å². The van der Waals surface area contributed by atoms with Gasteiger partial charge in [0.1, 0.15) is 11.9 Å². The van der Waals surface area contributed by atoms with Crippen LogP contribution in [0.1, 0.15) is 26.3 Å². The van der Waals surface area contributed by atoms with Crippen LogP contribution in [0.3, 0.4) is 0 Å². The standard InChI is InChI=1S/C14H16N2O2/c1-5-10-6-7-12-11(8-10)15-9-16(12)13(17)18-14(2,3)4/h5-9H,1H2,2-4H3. The largest absolute Gasteiger partial charge is 0.443 e. The van der Waals surface area contributed by atoms with Gasteiger partial charge < -0.3 is 4.74 Å². The van der Waals surface area contributed by atoms with Crippen LogP contribution in [0, 0.1) is 0 Å². The second-order valence-corrected chi connectivity index (χ2v) is 5.05. The van der Waals surface area contributed by atoms with Crippen LogP contribution in [0.4, 0.5) is 4.79 Å². The topological polar surface area (TPSA) is 44.1 Å². The van der Waals surface area contributed by atoms with E-state index in [4.69, 9.17) is 4.74 Å². The Balaban J connectivity index is 2.41. The maximum atomic E-state index is 12.0. The molecule has 0 unspecified atom stereocenters. The molecule has 0 fully saturated rings. The average molecular weight is 244 g/mol. The van der Waals surface area contributed by atoms with Gasteiger partial charge >= 0.3 is 6.09 Å². The molecule has 4 heteroatoms. The van der Waals surface area contributed by atoms with Crippen molar-refractivity contribution in [3.05, 3.63) is 36.7 Å². The fourth-order valence-corrected chi connectivity index (χ4v) is 1.61. The SMILES string of the molecule is C=Cc1ccc2c(c1)ncn2C(=O)OC(C)(C)C. The van der Waals surface area contributed by atoms with Crippen LogP contribution < -0.4 is 0 Å². The van der Waals surface area contributed by atoms with Gasteiger partial charge in [-0.15, -0.1) is 0 Å². The second-order valence-electron chi connectivity index (χ2n) is 5.05. The molecule has 18 heavy (non-hydrogen) atoms. The Morgan fingerprint density at radius 2 is 2.17 bits per heavy atom. The zero-order valence-corrected chi connectivity index (χ0v) is 10.8. The quantitative estimate of drug-likeness (QED) is 0.771. The molecule has 0 bridgehead atoms. The van der Waals surface area contributed by atoms with Crippen molar-refractivity contribution in [2.75, 3.05) is 0 Å². The lowest BCUT2D eigenvalue weighted by Crippen LogP contribution is -2.26. The monoisotopic (exact) mass is 244 g/mol. The first-order chi connectivity index (χ1) is 8.40. The van der Waals surface area contributed by atoms with E-state index in [1.165, 1.54) is 10.9 Å². The van der Waals surface area contributed by atoms with Gasteiger partial charge in [0.2, 0.25) is 0 Å². The van der Waals surface area contributed by atoms with Gasteiger partial charge in [0, 0.05) is 0 Å². The molecule has 0 radical (unpaired) electrons. The number of aromatic nitrogens is 2. The summed E-state index contributed by atoms with van der Waals surface area (Å²) in [6.45, 7) is 9.20. The molecule has 0 saturated carbocycles. The number of hydrogen-bond donors (Lipinski definition) is 0. The third-order valence-corrected chi connectivity index (χ3v) is 2.40. The Labute approximate surface area is 106 Å². The summed E-state index contributed by atoms with van der Waals surface area (Å²) in [5.41, 5.74) is 1.93. The van der Waals surface area contributed by atoms with E-state index in [1.54, 1.807) is 6.08 Å². The number of rotatable bonds is 1. The van der Waals surface area contributed by atoms with Gasteiger partial charge in [0.05, 0.1) is 11.0 Å². The number of hydrogen-bond acceptors (Lipinski definition) is 3. The minimum absolute atomic E-state index is 0.420. The van der Waals surface area contributed by atoms with Crippen molar-refractivity contribution in [3.63, 3.8) is 0 Å². The van der Waals surface area contributed by atoms with Gasteiger partial charge in [-0.05, 0) is 38.5 Å². The molecule has 2 aromatic rings. The molecule has 1 heterocycles. The van der Waals surface area contributed by atoms with Crippen molar-refractivity contribution in [2.24, 2.45) is 0 Å². The fourth-order valence-electron chi connectivity index (χ4n) is 1.61. The summed E-state index contributed by atoms with van der Waals surface area (Å²) in [5, 5.41) is 0. The van der Waals surface area contributed by atoms with Crippen LogP contribution in [-0.4, -0.2) is 21.2 Å². The number of carbonyl (C=O) groups excluding carboxylic acids is 1. The molecule has 0 saturated heterocycles. The molecule has 0 spiro atoms. The smallest absolute Gasteiger partial charge is 0.420 e. The van der Waals surface area contributed by atoms with E-state index in [-0.39, 0.29) is 0 Å². The number of ether oxygens (including phenoxy) is 1. The zero-order valence-electron chi connectivity index (χ0n) is 10.8. The maximum absolute atomic E-state index is 12.0. The molecule has 0 N–H and O–H groups in total. The molecule has 4 nitrogen and oxygen atoms in total. The van der Waals surface area contributed by atoms with E-state index in [2.05, 4.69) is 11.6 Å². The first-order valence-corrected chi connectivity index (χ1v) is 5.73. The summed E-state index contributed by atoms with van der Waals surface area (Å²) in [4.78, 5) is 16.2. The summed E-state index contributed by atoms with van der Waals surface area (Å²) < 4.78 is 6.72. The van der Waals surface area contributed by atoms with Crippen molar-refractivity contribution in [1.29, 1.82) is 0 Å². The van der Waals surface area contributed by atoms with E-state index in [0.717, 1.165) is 16.6 Å². The highest BCUT2D eigenvalue weighted by Crippen LogP contribution is 2.17. The first kappa shape index (κ1) is 12.4. The third-order valence-electron chi connectivity index (χ3n) is 2.40. The molecule has 94 valence electrons. The van der Waals surface area contributed by atoms with Crippen LogP contribution in [0.2, 0.25) is 0 Å². The Bertz CT molecular complexity index is 606. The summed E-state index contributed by atoms with van der Waals surface area (Å²) in [5.74, 6) is 0. The number of benzene rings is 1. The molecule has 0 amide bonds. The lowest BCUT2D eigenvalue weighted by atomic mass is 10.2. The fraction of sp³-hybridized carbons (Fsp3) is 0.286. The van der Waals surface area contributed by atoms with Gasteiger partial charge in [-0.1, -0.05) is 18.7 Å². The van der Waals surface area contributed by atoms with E-state index in [1.807, 2.05) is 39.0 Å². The third kappa shape index (κ3) is 2.42. The van der Waals surface area contributed by atoms with Crippen molar-refractivity contribution in [3.8, 4) is 0 Å². The minimum Gasteiger partial charge on any atom is -0.443 e. The van der Waals surface area contributed by atoms with Crippen LogP contribution in [0.15, 0.2) is 31.1 Å². The molecular weight excluding hydrogens is 228 g/mol. The number of nitrogens with zero attached hydrogens (tertiary/aromatic N) is 2. The Morgan fingerprint density at radius 3 is 2.78 bits per heavy atom. The molecular formula is C14H16N2O2. The predicted octanol–water partition coefficient (Wildman–Crippen LogP) is 3.46. The predicted molar refractivity (Wildman–Crippen MR) is 71.5 cm³/mol. The second kappa shape index (κ2) is 4.29. The van der Waals surface area contributed by atoms with Crippen molar-refractivity contribution in [1.82, 2.24) is 9.55 Å². The summed E-state index contributed by atoms with van der Waals surface area (Å²) in [6, 6.07) is 5.60. The van der Waals surface area contributed by atoms with Gasteiger partial charge in [-0.2, -0.15) is 0 Å². The molecule has 0 aliphatic rings. The molecule has 0 aliphatic carbocycles. The van der Waals surface area contributed by atoms with E-state index in [0.29, 0.717) is 0 Å². The number of carbonyl (C=O) groups is 1. The Morgan fingerprint density at radius 1 is 1.44 bits per heavy atom. The van der Waals surface area contributed by atoms with Gasteiger partial charge in [0.25, 0.3) is 0 Å². The van der Waals surface area contributed by atoms with Gasteiger partial charge in [-0.25, -0.2) is 14.3 Å². The van der Waals surface area contributed by atoms with E-state index < -0.39 is 11.7 Å². The van der Waals surface area contributed by atoms with Crippen LogP contribution in [-0.2, 0) is 4.74 Å². The van der Waals surface area contributed by atoms with E-state index in [9.17, 15) is 4.79 Å². The molecule has 2 rings (SSSR count). The highest BCUT2D eigenvalue weighted by Gasteiger charge is 2.19. The van der Waals surface area contributed by atoms with Crippen molar-refractivity contribution >= 4 is 23.2 Å². The molecule has 0 aliphatic heterocycles. The van der Waals surface area contributed by atoms with Crippen molar-refractivity contribution < 1.29 is 9.53 Å². The van der Waals surface area contributed by atoms with Crippen LogP contribution in [0.5, 0.6) is 0 Å². The molecule has 1 aromatic carbocycles. The average Bonchev–Trinajstić information content (AvgIpc) is 2.69. The van der Waals surface area contributed by atoms with Crippen LogP contribution in [0.25, 0.3) is 17.1 Å². The molecule has 1 aromatic heterocycles. The lowest BCUT2D eigenvalue weighted by Gasteiger charge is -2.19. The minimum atomic E-state index is -0.519. The molecule has 0 atom stereocenters. The zero-order chi connectivity index (χ0) is 13.3.